The summed E-state index contributed by atoms with van der Waals surface area (Å²) < 4.78 is 12.1. The molecule has 0 spiro atoms. The van der Waals surface area contributed by atoms with Gasteiger partial charge in [-0.3, -0.25) is 14.5 Å². The third-order valence-corrected chi connectivity index (χ3v) is 7.26. The lowest BCUT2D eigenvalue weighted by Crippen LogP contribution is -2.47. The number of rotatable bonds is 6. The molecule has 0 radical (unpaired) electrons. The molecular formula is C29H39N3O4. The summed E-state index contributed by atoms with van der Waals surface area (Å²) >= 11 is 0. The summed E-state index contributed by atoms with van der Waals surface area (Å²) in [7, 11) is 3.53. The number of amides is 2. The molecule has 1 fully saturated rings. The maximum atomic E-state index is 13.4. The number of hydrogen-bond donors (Lipinski definition) is 1. The van der Waals surface area contributed by atoms with Gasteiger partial charge < -0.3 is 19.7 Å². The zero-order valence-corrected chi connectivity index (χ0v) is 21.9. The van der Waals surface area contributed by atoms with E-state index in [0.29, 0.717) is 30.2 Å². The highest BCUT2D eigenvalue weighted by molar-refractivity contribution is 5.98. The van der Waals surface area contributed by atoms with Crippen LogP contribution in [0.2, 0.25) is 0 Å². The summed E-state index contributed by atoms with van der Waals surface area (Å²) in [4.78, 5) is 30.2. The van der Waals surface area contributed by atoms with Crippen LogP contribution in [-0.4, -0.2) is 74.2 Å². The summed E-state index contributed by atoms with van der Waals surface area (Å²) in [5.74, 6) is 1.29. The zero-order chi connectivity index (χ0) is 25.7. The molecule has 1 N–H and O–H groups in total. The van der Waals surface area contributed by atoms with E-state index in [1.54, 1.807) is 37.3 Å². The molecule has 2 aliphatic rings. The monoisotopic (exact) mass is 493 g/mol. The second kappa shape index (κ2) is 11.9. The minimum atomic E-state index is -0.121. The largest absolute Gasteiger partial charge is 0.491 e. The van der Waals surface area contributed by atoms with Crippen LogP contribution in [0.5, 0.6) is 5.75 Å². The van der Waals surface area contributed by atoms with Gasteiger partial charge >= 0.3 is 0 Å². The van der Waals surface area contributed by atoms with Crippen molar-refractivity contribution in [2.75, 3.05) is 45.7 Å². The molecule has 3 atom stereocenters. The molecule has 0 aromatic heterocycles. The van der Waals surface area contributed by atoms with Crippen molar-refractivity contribution in [3.05, 3.63) is 59.7 Å². The Hall–Kier alpha value is -2.90. The van der Waals surface area contributed by atoms with E-state index in [2.05, 4.69) is 24.1 Å². The van der Waals surface area contributed by atoms with Crippen LogP contribution < -0.4 is 10.1 Å². The number of methoxy groups -OCH3 is 1. The molecule has 7 nitrogen and oxygen atoms in total. The number of likely N-dealkylation sites (N-methyl/N-ethyl adjacent to an activating group) is 1. The van der Waals surface area contributed by atoms with Gasteiger partial charge in [-0.15, -0.1) is 0 Å². The van der Waals surface area contributed by atoms with E-state index >= 15 is 0 Å². The lowest BCUT2D eigenvalue weighted by Gasteiger charge is -2.36. The predicted molar refractivity (Wildman–Crippen MR) is 141 cm³/mol. The van der Waals surface area contributed by atoms with Crippen LogP contribution in [-0.2, 0) is 16.0 Å². The summed E-state index contributed by atoms with van der Waals surface area (Å²) in [6.07, 6.45) is 2.80. The maximum Gasteiger partial charge on any atom is 0.257 e. The summed E-state index contributed by atoms with van der Waals surface area (Å²) in [6, 6.07) is 15.1. The molecule has 2 amide bonds. The van der Waals surface area contributed by atoms with Crippen molar-refractivity contribution in [3.8, 4) is 5.75 Å². The summed E-state index contributed by atoms with van der Waals surface area (Å²) in [5, 5.41) is 2.96. The van der Waals surface area contributed by atoms with E-state index in [1.807, 2.05) is 30.3 Å². The smallest absolute Gasteiger partial charge is 0.257 e. The minimum Gasteiger partial charge on any atom is -0.491 e. The third kappa shape index (κ3) is 6.86. The molecule has 1 aliphatic heterocycles. The van der Waals surface area contributed by atoms with Crippen LogP contribution in [0.15, 0.2) is 48.5 Å². The van der Waals surface area contributed by atoms with Gasteiger partial charge in [0.2, 0.25) is 5.91 Å². The van der Waals surface area contributed by atoms with Crippen molar-refractivity contribution in [2.24, 2.45) is 11.8 Å². The Morgan fingerprint density at radius 3 is 2.56 bits per heavy atom. The molecule has 194 valence electrons. The lowest BCUT2D eigenvalue weighted by molar-refractivity contribution is -0.115. The lowest BCUT2D eigenvalue weighted by atomic mass is 10.0. The highest BCUT2D eigenvalue weighted by Gasteiger charge is 2.31. The van der Waals surface area contributed by atoms with Crippen LogP contribution in [0.25, 0.3) is 0 Å². The highest BCUT2D eigenvalue weighted by atomic mass is 16.5. The number of fused-ring (bicyclic) bond motifs is 1. The van der Waals surface area contributed by atoms with Crippen molar-refractivity contribution < 1.29 is 19.1 Å². The van der Waals surface area contributed by atoms with Gasteiger partial charge in [-0.05, 0) is 49.3 Å². The first-order valence-corrected chi connectivity index (χ1v) is 13.0. The van der Waals surface area contributed by atoms with Crippen molar-refractivity contribution in [1.29, 1.82) is 0 Å². The van der Waals surface area contributed by atoms with E-state index < -0.39 is 0 Å². The van der Waals surface area contributed by atoms with Gasteiger partial charge in [-0.1, -0.05) is 37.3 Å². The SMILES string of the molecule is CO[C@@H]1CN(C)C(=O)c2ccc(NC(=O)Cc3ccccc3)cc2OC[C@@H](C)N(CC2CC2)C[C@H]1C. The van der Waals surface area contributed by atoms with Crippen molar-refractivity contribution in [2.45, 2.75) is 45.3 Å². The van der Waals surface area contributed by atoms with Gasteiger partial charge in [0.15, 0.2) is 0 Å². The second-order valence-electron chi connectivity index (χ2n) is 10.4. The number of ether oxygens (including phenoxy) is 2. The van der Waals surface area contributed by atoms with E-state index in [-0.39, 0.29) is 36.3 Å². The third-order valence-electron chi connectivity index (χ3n) is 7.26. The second-order valence-corrected chi connectivity index (χ2v) is 10.4. The molecule has 1 aliphatic carbocycles. The Kier molecular flexibility index (Phi) is 8.64. The molecule has 2 aromatic carbocycles. The fourth-order valence-electron chi connectivity index (χ4n) is 4.80. The van der Waals surface area contributed by atoms with Crippen molar-refractivity contribution in [1.82, 2.24) is 9.80 Å². The number of nitrogens with one attached hydrogen (secondary N) is 1. The van der Waals surface area contributed by atoms with Crippen LogP contribution >= 0.6 is 0 Å². The molecule has 7 heteroatoms. The van der Waals surface area contributed by atoms with Gasteiger partial charge in [0.25, 0.3) is 5.91 Å². The summed E-state index contributed by atoms with van der Waals surface area (Å²) in [5.41, 5.74) is 2.05. The quantitative estimate of drug-likeness (QED) is 0.657. The van der Waals surface area contributed by atoms with Crippen molar-refractivity contribution >= 4 is 17.5 Å². The van der Waals surface area contributed by atoms with Crippen LogP contribution in [0.1, 0.15) is 42.6 Å². The first-order chi connectivity index (χ1) is 17.3. The van der Waals surface area contributed by atoms with E-state index in [9.17, 15) is 9.59 Å². The first-order valence-electron chi connectivity index (χ1n) is 13.0. The Balaban J connectivity index is 1.56. The van der Waals surface area contributed by atoms with Crippen LogP contribution in [0, 0.1) is 11.8 Å². The maximum absolute atomic E-state index is 13.4. The molecule has 36 heavy (non-hydrogen) atoms. The normalized spacial score (nSPS) is 23.7. The highest BCUT2D eigenvalue weighted by Crippen LogP contribution is 2.32. The number of benzene rings is 2. The zero-order valence-electron chi connectivity index (χ0n) is 21.9. The average Bonchev–Trinajstić information content (AvgIpc) is 3.69. The Bertz CT molecular complexity index is 1040. The molecule has 4 rings (SSSR count). The molecule has 0 saturated heterocycles. The molecule has 1 saturated carbocycles. The Labute approximate surface area is 214 Å². The topological polar surface area (TPSA) is 71.1 Å². The standard InChI is InChI=1S/C29H39N3O4/c1-20-16-32(17-23-10-11-23)21(2)19-36-26-15-24(30-28(33)14-22-8-6-5-7-9-22)12-13-25(26)29(34)31(3)18-27(20)35-4/h5-9,12-13,15,20-21,23,27H,10-11,14,16-19H2,1-4H3,(H,30,33)/t20-,21-,27-/m1/s1. The summed E-state index contributed by atoms with van der Waals surface area (Å²) in [6.45, 7) is 7.29. The van der Waals surface area contributed by atoms with Gasteiger partial charge in [-0.25, -0.2) is 0 Å². The first kappa shape index (κ1) is 26.2. The average molecular weight is 494 g/mol. The number of anilines is 1. The van der Waals surface area contributed by atoms with Gasteiger partial charge in [0.1, 0.15) is 12.4 Å². The minimum absolute atomic E-state index is 0.0619. The predicted octanol–water partition coefficient (Wildman–Crippen LogP) is 4.08. The van der Waals surface area contributed by atoms with E-state index in [1.165, 1.54) is 12.8 Å². The van der Waals surface area contributed by atoms with E-state index in [4.69, 9.17) is 9.47 Å². The molecule has 1 heterocycles. The van der Waals surface area contributed by atoms with E-state index in [0.717, 1.165) is 24.6 Å². The van der Waals surface area contributed by atoms with Gasteiger partial charge in [-0.2, -0.15) is 0 Å². The fourth-order valence-corrected chi connectivity index (χ4v) is 4.80. The number of nitrogens with zero attached hydrogens (tertiary/aromatic N) is 2. The van der Waals surface area contributed by atoms with Gasteiger partial charge in [0.05, 0.1) is 18.1 Å². The molecular weight excluding hydrogens is 454 g/mol. The Morgan fingerprint density at radius 2 is 1.86 bits per heavy atom. The Morgan fingerprint density at radius 1 is 1.11 bits per heavy atom. The van der Waals surface area contributed by atoms with Crippen LogP contribution in [0.3, 0.4) is 0 Å². The molecule has 2 aromatic rings. The molecule has 0 bridgehead atoms. The fraction of sp³-hybridized carbons (Fsp3) is 0.517. The number of hydrogen-bond acceptors (Lipinski definition) is 5. The van der Waals surface area contributed by atoms with Crippen LogP contribution in [0.4, 0.5) is 5.69 Å². The van der Waals surface area contributed by atoms with Gasteiger partial charge in [0, 0.05) is 51.6 Å². The van der Waals surface area contributed by atoms with Crippen molar-refractivity contribution in [3.63, 3.8) is 0 Å². The molecule has 0 unspecified atom stereocenters. The number of carbonyl (C=O) groups is 2. The number of carbonyl (C=O) groups excluding carboxylic acids is 2.